The molecule has 0 aromatic heterocycles. The van der Waals surface area contributed by atoms with Crippen molar-refractivity contribution >= 4 is 20.2 Å². The molecule has 12 heavy (non-hydrogen) atoms. The van der Waals surface area contributed by atoms with E-state index in [1.165, 1.54) is 0 Å². The van der Waals surface area contributed by atoms with E-state index in [2.05, 4.69) is 0 Å². The Bertz CT molecular complexity index is 258. The molecule has 0 amide bonds. The maximum atomic E-state index is 9.86. The Morgan fingerprint density at radius 2 is 0.917 bits per heavy atom. The minimum atomic E-state index is -4.30. The molecular weight excluding hydrogens is 400 g/mol. The van der Waals surface area contributed by atoms with E-state index in [-0.39, 0.29) is 44.8 Å². The van der Waals surface area contributed by atoms with Crippen LogP contribution in [0.5, 0.6) is 0 Å². The number of hydrogen-bond acceptors (Lipinski definition) is 4. The molecule has 2 radical (unpaired) electrons. The Morgan fingerprint density at radius 1 is 0.750 bits per heavy atom. The average molecular weight is 406 g/mol. The zero-order valence-corrected chi connectivity index (χ0v) is 9.96. The van der Waals surface area contributed by atoms with Gasteiger partial charge in [0.25, 0.3) is 20.2 Å². The predicted octanol–water partition coefficient (Wildman–Crippen LogP) is -1.24. The second-order valence-electron chi connectivity index (χ2n) is 1.57. The summed E-state index contributed by atoms with van der Waals surface area (Å²) in [6.07, 6.45) is 0. The van der Waals surface area contributed by atoms with E-state index in [1.807, 2.05) is 0 Å². The van der Waals surface area contributed by atoms with Crippen LogP contribution in [0.1, 0.15) is 0 Å². The molecule has 6 nitrogen and oxygen atoms in total. The third-order valence-electron chi connectivity index (χ3n) is 0.599. The molecule has 0 saturated heterocycles. The fraction of sp³-hybridized carbons (Fsp3) is 1.00. The first-order chi connectivity index (χ1) is 4.21. The van der Waals surface area contributed by atoms with Crippen LogP contribution in [0.4, 0.5) is 0 Å². The zero-order chi connectivity index (χ0) is 8.41. The van der Waals surface area contributed by atoms with Gasteiger partial charge in [0, 0.05) is 44.8 Å². The second kappa shape index (κ2) is 6.71. The van der Waals surface area contributed by atoms with Gasteiger partial charge in [-0.1, -0.05) is 0 Å². The summed E-state index contributed by atoms with van der Waals surface area (Å²) >= 11 is 0. The van der Waals surface area contributed by atoms with Gasteiger partial charge in [-0.2, -0.15) is 16.8 Å². The molecule has 0 spiro atoms. The van der Waals surface area contributed by atoms with Gasteiger partial charge in [0.15, 0.2) is 0 Å². The molecule has 0 atom stereocenters. The Labute approximate surface area is 102 Å². The third kappa shape index (κ3) is 17.4. The van der Waals surface area contributed by atoms with Crippen LogP contribution >= 0.6 is 0 Å². The van der Waals surface area contributed by atoms with Crippen molar-refractivity contribution in [1.82, 2.24) is 0 Å². The predicted molar refractivity (Wildman–Crippen MR) is 32.8 cm³/mol. The summed E-state index contributed by atoms with van der Waals surface area (Å²) in [5, 5.41) is 0. The van der Waals surface area contributed by atoms with Gasteiger partial charge in [-0.25, -0.2) is 0 Å². The topological polar surface area (TPSA) is 109 Å². The monoisotopic (exact) mass is 404 g/mol. The molecule has 0 aliphatic heterocycles. The van der Waals surface area contributed by atoms with Gasteiger partial charge in [0.05, 0.1) is 11.5 Å². The quantitative estimate of drug-likeness (QED) is 0.449. The summed E-state index contributed by atoms with van der Waals surface area (Å²) in [5.41, 5.74) is 0. The van der Waals surface area contributed by atoms with Crippen LogP contribution in [0.3, 0.4) is 0 Å². The van der Waals surface area contributed by atoms with Crippen LogP contribution in [-0.4, -0.2) is 37.4 Å². The normalized spacial score (nSPS) is 11.2. The largest absolute Gasteiger partial charge is 0.286 e. The summed E-state index contributed by atoms with van der Waals surface area (Å²) in [4.78, 5) is 0. The molecule has 0 aromatic carbocycles. The van der Waals surface area contributed by atoms with Crippen LogP contribution in [0.15, 0.2) is 0 Å². The van der Waals surface area contributed by atoms with Crippen molar-refractivity contribution in [2.75, 3.05) is 11.5 Å². The molecule has 10 heteroatoms. The van der Waals surface area contributed by atoms with Crippen molar-refractivity contribution in [3.8, 4) is 0 Å². The molecule has 0 bridgehead atoms. The Kier molecular flexibility index (Phi) is 10.6. The minimum Gasteiger partial charge on any atom is -0.286 e. The maximum absolute atomic E-state index is 9.86. The molecule has 0 rings (SSSR count). The van der Waals surface area contributed by atoms with Crippen molar-refractivity contribution < 1.29 is 70.7 Å². The first-order valence-electron chi connectivity index (χ1n) is 2.11. The van der Waals surface area contributed by atoms with Gasteiger partial charge in [-0.3, -0.25) is 9.11 Å². The molecule has 0 aliphatic carbocycles. The standard InChI is InChI=1S/C2H6O6S2.2Ag/c3-9(4,5)1-2-10(6,7)8;;/h1-2H2,(H,3,4,5)(H,6,7,8);;. The van der Waals surface area contributed by atoms with E-state index in [0.29, 0.717) is 0 Å². The zero-order valence-electron chi connectivity index (χ0n) is 5.36. The van der Waals surface area contributed by atoms with Gasteiger partial charge < -0.3 is 0 Å². The summed E-state index contributed by atoms with van der Waals surface area (Å²) in [5.74, 6) is -1.96. The van der Waals surface area contributed by atoms with Crippen molar-refractivity contribution in [3.63, 3.8) is 0 Å². The number of hydrogen-bond donors (Lipinski definition) is 2. The van der Waals surface area contributed by atoms with Crippen LogP contribution in [0.25, 0.3) is 0 Å². The molecule has 0 heterocycles. The van der Waals surface area contributed by atoms with Crippen LogP contribution in [0.2, 0.25) is 0 Å². The van der Waals surface area contributed by atoms with Gasteiger partial charge in [0.2, 0.25) is 0 Å². The third-order valence-corrected chi connectivity index (χ3v) is 2.30. The van der Waals surface area contributed by atoms with Crippen molar-refractivity contribution in [3.05, 3.63) is 0 Å². The maximum Gasteiger partial charge on any atom is 0.265 e. The van der Waals surface area contributed by atoms with E-state index in [4.69, 9.17) is 9.11 Å². The first kappa shape index (κ1) is 19.0. The molecule has 84 valence electrons. The van der Waals surface area contributed by atoms with Gasteiger partial charge in [-0.05, 0) is 0 Å². The molecule has 0 unspecified atom stereocenters. The van der Waals surface area contributed by atoms with Crippen molar-refractivity contribution in [1.29, 1.82) is 0 Å². The van der Waals surface area contributed by atoms with E-state index < -0.39 is 31.7 Å². The van der Waals surface area contributed by atoms with Gasteiger partial charge in [-0.15, -0.1) is 0 Å². The molecule has 0 aromatic rings. The average Bonchev–Trinajstić information content (AvgIpc) is 1.57. The molecule has 0 aliphatic rings. The smallest absolute Gasteiger partial charge is 0.265 e. The Hall–Kier alpha value is 1.30. The van der Waals surface area contributed by atoms with E-state index in [0.717, 1.165) is 0 Å². The van der Waals surface area contributed by atoms with Gasteiger partial charge >= 0.3 is 0 Å². The summed E-state index contributed by atoms with van der Waals surface area (Å²) in [6.45, 7) is 0. The summed E-state index contributed by atoms with van der Waals surface area (Å²) in [6, 6.07) is 0. The van der Waals surface area contributed by atoms with Crippen LogP contribution < -0.4 is 0 Å². The molecule has 0 fully saturated rings. The molecule has 2 N–H and O–H groups in total. The molecular formula is C2H6Ag2O6S2. The summed E-state index contributed by atoms with van der Waals surface area (Å²) < 4.78 is 55.4. The molecule has 0 saturated carbocycles. The van der Waals surface area contributed by atoms with E-state index in [1.54, 1.807) is 0 Å². The minimum absolute atomic E-state index is 0. The van der Waals surface area contributed by atoms with E-state index >= 15 is 0 Å². The fourth-order valence-electron chi connectivity index (χ4n) is 0.211. The van der Waals surface area contributed by atoms with Gasteiger partial charge in [0.1, 0.15) is 0 Å². The SMILES string of the molecule is O=S(=O)(O)CCS(=O)(=O)O.[Ag].[Ag]. The fourth-order valence-corrected chi connectivity index (χ4v) is 1.90. The van der Waals surface area contributed by atoms with Crippen molar-refractivity contribution in [2.45, 2.75) is 0 Å². The first-order valence-corrected chi connectivity index (χ1v) is 5.33. The van der Waals surface area contributed by atoms with E-state index in [9.17, 15) is 16.8 Å². The Balaban J connectivity index is -0.000000405. The number of rotatable bonds is 3. The van der Waals surface area contributed by atoms with Crippen LogP contribution in [-0.2, 0) is 65.0 Å². The Morgan fingerprint density at radius 3 is 1.00 bits per heavy atom. The summed E-state index contributed by atoms with van der Waals surface area (Å²) in [7, 11) is -8.59. The van der Waals surface area contributed by atoms with Crippen LogP contribution in [0, 0.1) is 0 Å². The second-order valence-corrected chi connectivity index (χ2v) is 4.72. The van der Waals surface area contributed by atoms with Crippen molar-refractivity contribution in [2.24, 2.45) is 0 Å².